The van der Waals surface area contributed by atoms with Gasteiger partial charge in [-0.2, -0.15) is 0 Å². The number of nitro benzene ring substituents is 1. The van der Waals surface area contributed by atoms with Gasteiger partial charge in [0.1, 0.15) is 18.1 Å². The van der Waals surface area contributed by atoms with Crippen LogP contribution in [0.5, 0.6) is 11.5 Å². The number of benzene rings is 2. The Morgan fingerprint density at radius 3 is 2.54 bits per heavy atom. The number of rotatable bonds is 7. The van der Waals surface area contributed by atoms with E-state index >= 15 is 0 Å². The van der Waals surface area contributed by atoms with E-state index in [4.69, 9.17) is 9.47 Å². The quantitative estimate of drug-likeness (QED) is 0.576. The van der Waals surface area contributed by atoms with E-state index in [0.717, 1.165) is 0 Å². The molecule has 0 atom stereocenters. The highest BCUT2D eigenvalue weighted by atomic mass is 16.6. The first kappa shape index (κ1) is 17.3. The standard InChI is InChI=1S/C17H18N2O5/c1-18(10-11-24-14-6-4-3-5-7-14)17(20)15-12-13(19(21)22)8-9-16(15)23-2/h3-9,12H,10-11H2,1-2H3. The molecule has 2 aromatic carbocycles. The fourth-order valence-electron chi connectivity index (χ4n) is 2.10. The summed E-state index contributed by atoms with van der Waals surface area (Å²) in [5.41, 5.74) is -0.0120. The van der Waals surface area contributed by atoms with E-state index in [-0.39, 0.29) is 17.2 Å². The van der Waals surface area contributed by atoms with Crippen molar-refractivity contribution in [2.24, 2.45) is 0 Å². The van der Waals surface area contributed by atoms with Crippen LogP contribution in [0.15, 0.2) is 48.5 Å². The lowest BCUT2D eigenvalue weighted by Crippen LogP contribution is -2.31. The molecule has 7 heteroatoms. The highest BCUT2D eigenvalue weighted by Gasteiger charge is 2.20. The Kier molecular flexibility index (Phi) is 5.73. The molecule has 0 radical (unpaired) electrons. The Balaban J connectivity index is 2.04. The van der Waals surface area contributed by atoms with Gasteiger partial charge in [0.25, 0.3) is 11.6 Å². The first-order valence-corrected chi connectivity index (χ1v) is 7.28. The fraction of sp³-hybridized carbons (Fsp3) is 0.235. The molecule has 24 heavy (non-hydrogen) atoms. The lowest BCUT2D eigenvalue weighted by Gasteiger charge is -2.18. The molecule has 2 rings (SSSR count). The van der Waals surface area contributed by atoms with E-state index in [0.29, 0.717) is 24.7 Å². The van der Waals surface area contributed by atoms with Crippen molar-refractivity contribution in [3.05, 3.63) is 64.2 Å². The summed E-state index contributed by atoms with van der Waals surface area (Å²) in [5.74, 6) is 0.639. The van der Waals surface area contributed by atoms with Gasteiger partial charge in [0.05, 0.1) is 24.1 Å². The van der Waals surface area contributed by atoms with Crippen molar-refractivity contribution >= 4 is 11.6 Å². The number of ether oxygens (including phenoxy) is 2. The monoisotopic (exact) mass is 330 g/mol. The Hall–Kier alpha value is -3.09. The van der Waals surface area contributed by atoms with Crippen LogP contribution in [0.4, 0.5) is 5.69 Å². The number of carbonyl (C=O) groups is 1. The number of para-hydroxylation sites is 1. The zero-order chi connectivity index (χ0) is 17.5. The topological polar surface area (TPSA) is 81.9 Å². The maximum atomic E-state index is 12.5. The van der Waals surface area contributed by atoms with Gasteiger partial charge in [-0.05, 0) is 18.2 Å². The third kappa shape index (κ3) is 4.22. The summed E-state index contributed by atoms with van der Waals surface area (Å²) in [5, 5.41) is 10.9. The van der Waals surface area contributed by atoms with E-state index in [2.05, 4.69) is 0 Å². The molecule has 0 spiro atoms. The second-order valence-corrected chi connectivity index (χ2v) is 5.03. The maximum Gasteiger partial charge on any atom is 0.270 e. The van der Waals surface area contributed by atoms with Crippen LogP contribution in [0, 0.1) is 10.1 Å². The van der Waals surface area contributed by atoms with E-state index in [1.54, 1.807) is 7.05 Å². The van der Waals surface area contributed by atoms with Crippen LogP contribution in [-0.2, 0) is 0 Å². The highest BCUT2D eigenvalue weighted by molar-refractivity contribution is 5.97. The van der Waals surface area contributed by atoms with Gasteiger partial charge in [-0.25, -0.2) is 0 Å². The molecule has 0 bridgehead atoms. The lowest BCUT2D eigenvalue weighted by molar-refractivity contribution is -0.384. The second kappa shape index (κ2) is 7.96. The highest BCUT2D eigenvalue weighted by Crippen LogP contribution is 2.25. The molecule has 0 N–H and O–H groups in total. The molecule has 0 unspecified atom stereocenters. The maximum absolute atomic E-state index is 12.5. The van der Waals surface area contributed by atoms with Crippen LogP contribution in [-0.4, -0.2) is 43.0 Å². The van der Waals surface area contributed by atoms with Gasteiger partial charge in [-0.3, -0.25) is 14.9 Å². The molecule has 0 aliphatic rings. The summed E-state index contributed by atoms with van der Waals surface area (Å²) in [6.45, 7) is 0.642. The van der Waals surface area contributed by atoms with Crippen LogP contribution in [0.25, 0.3) is 0 Å². The lowest BCUT2D eigenvalue weighted by atomic mass is 10.1. The van der Waals surface area contributed by atoms with Crippen molar-refractivity contribution in [1.82, 2.24) is 4.90 Å². The molecule has 0 aliphatic heterocycles. The van der Waals surface area contributed by atoms with Crippen molar-refractivity contribution in [1.29, 1.82) is 0 Å². The summed E-state index contributed by atoms with van der Waals surface area (Å²) >= 11 is 0. The van der Waals surface area contributed by atoms with Crippen molar-refractivity contribution in [2.75, 3.05) is 27.3 Å². The van der Waals surface area contributed by atoms with Crippen molar-refractivity contribution in [3.63, 3.8) is 0 Å². The van der Waals surface area contributed by atoms with Crippen LogP contribution in [0.2, 0.25) is 0 Å². The minimum atomic E-state index is -0.547. The van der Waals surface area contributed by atoms with E-state index in [9.17, 15) is 14.9 Å². The number of hydrogen-bond acceptors (Lipinski definition) is 5. The van der Waals surface area contributed by atoms with Crippen molar-refractivity contribution in [3.8, 4) is 11.5 Å². The van der Waals surface area contributed by atoms with E-state index in [1.165, 1.54) is 30.2 Å². The van der Waals surface area contributed by atoms with Crippen LogP contribution >= 0.6 is 0 Å². The zero-order valence-electron chi connectivity index (χ0n) is 13.5. The molecule has 1 amide bonds. The number of nitrogens with zero attached hydrogens (tertiary/aromatic N) is 2. The summed E-state index contributed by atoms with van der Waals surface area (Å²) < 4.78 is 10.7. The molecular formula is C17H18N2O5. The van der Waals surface area contributed by atoms with Crippen molar-refractivity contribution < 1.29 is 19.2 Å². The minimum absolute atomic E-state index is 0.147. The number of hydrogen-bond donors (Lipinski definition) is 0. The number of non-ortho nitro benzene ring substituents is 1. The third-order valence-electron chi connectivity index (χ3n) is 3.41. The van der Waals surface area contributed by atoms with Gasteiger partial charge in [-0.15, -0.1) is 0 Å². The van der Waals surface area contributed by atoms with Gasteiger partial charge in [0.15, 0.2) is 0 Å². The van der Waals surface area contributed by atoms with Gasteiger partial charge < -0.3 is 14.4 Å². The Bertz CT molecular complexity index is 718. The summed E-state index contributed by atoms with van der Waals surface area (Å²) in [6.07, 6.45) is 0. The Labute approximate surface area is 139 Å². The Morgan fingerprint density at radius 2 is 1.92 bits per heavy atom. The molecular weight excluding hydrogens is 312 g/mol. The number of carbonyl (C=O) groups excluding carboxylic acids is 1. The average molecular weight is 330 g/mol. The largest absolute Gasteiger partial charge is 0.496 e. The fourth-order valence-corrected chi connectivity index (χ4v) is 2.10. The number of likely N-dealkylation sites (N-methyl/N-ethyl adjacent to an activating group) is 1. The number of amides is 1. The molecule has 0 aromatic heterocycles. The molecule has 2 aromatic rings. The molecule has 0 heterocycles. The van der Waals surface area contributed by atoms with Gasteiger partial charge >= 0.3 is 0 Å². The van der Waals surface area contributed by atoms with Crippen LogP contribution < -0.4 is 9.47 Å². The van der Waals surface area contributed by atoms with Gasteiger partial charge in [0.2, 0.25) is 0 Å². The van der Waals surface area contributed by atoms with E-state index < -0.39 is 4.92 Å². The van der Waals surface area contributed by atoms with Gasteiger partial charge in [0, 0.05) is 19.2 Å². The van der Waals surface area contributed by atoms with Crippen LogP contribution in [0.1, 0.15) is 10.4 Å². The number of nitro groups is 1. The Morgan fingerprint density at radius 1 is 1.21 bits per heavy atom. The molecule has 0 aliphatic carbocycles. The smallest absolute Gasteiger partial charge is 0.270 e. The normalized spacial score (nSPS) is 10.1. The summed E-state index contributed by atoms with van der Waals surface area (Å²) in [4.78, 5) is 24.3. The molecule has 7 nitrogen and oxygen atoms in total. The predicted molar refractivity (Wildman–Crippen MR) is 88.5 cm³/mol. The molecule has 0 fully saturated rings. The van der Waals surface area contributed by atoms with Gasteiger partial charge in [-0.1, -0.05) is 18.2 Å². The SMILES string of the molecule is COc1ccc([N+](=O)[O-])cc1C(=O)N(C)CCOc1ccccc1. The average Bonchev–Trinajstić information content (AvgIpc) is 2.61. The first-order chi connectivity index (χ1) is 11.5. The third-order valence-corrected chi connectivity index (χ3v) is 3.41. The summed E-state index contributed by atoms with van der Waals surface area (Å²) in [6, 6.07) is 13.2. The minimum Gasteiger partial charge on any atom is -0.496 e. The second-order valence-electron chi connectivity index (χ2n) is 5.03. The number of methoxy groups -OCH3 is 1. The first-order valence-electron chi connectivity index (χ1n) is 7.28. The molecule has 0 saturated heterocycles. The molecule has 0 saturated carbocycles. The van der Waals surface area contributed by atoms with Crippen molar-refractivity contribution in [2.45, 2.75) is 0 Å². The molecule has 126 valence electrons. The summed E-state index contributed by atoms with van der Waals surface area (Å²) in [7, 11) is 3.02. The predicted octanol–water partition coefficient (Wildman–Crippen LogP) is 2.75. The zero-order valence-corrected chi connectivity index (χ0v) is 13.5. The van der Waals surface area contributed by atoms with E-state index in [1.807, 2.05) is 30.3 Å². The van der Waals surface area contributed by atoms with Crippen LogP contribution in [0.3, 0.4) is 0 Å².